The van der Waals surface area contributed by atoms with Crippen LogP contribution in [0, 0.1) is 0 Å². The number of fused-ring (bicyclic) bond motifs is 1. The molecule has 0 saturated carbocycles. The molecule has 2 aromatic heterocycles. The normalized spacial score (nSPS) is 10.8. The summed E-state index contributed by atoms with van der Waals surface area (Å²) in [6.07, 6.45) is 1.94. The Hall–Kier alpha value is -3.87. The number of hydrogen-bond donors (Lipinski definition) is 1. The molecule has 0 aliphatic rings. The number of anilines is 1. The van der Waals surface area contributed by atoms with Crippen molar-refractivity contribution < 1.29 is 9.53 Å². The highest BCUT2D eigenvalue weighted by molar-refractivity contribution is 6.01. The van der Waals surface area contributed by atoms with Crippen LogP contribution in [-0.4, -0.2) is 27.4 Å². The van der Waals surface area contributed by atoms with Gasteiger partial charge in [-0.25, -0.2) is 4.68 Å². The molecule has 0 bridgehead atoms. The fraction of sp³-hybridized carbons (Fsp3) is 0.136. The van der Waals surface area contributed by atoms with E-state index >= 15 is 0 Å². The first-order valence-corrected chi connectivity index (χ1v) is 9.11. The number of nitrogens with one attached hydrogen (secondary N) is 1. The van der Waals surface area contributed by atoms with Gasteiger partial charge in [-0.1, -0.05) is 6.07 Å². The van der Waals surface area contributed by atoms with Crippen LogP contribution in [0.15, 0.2) is 71.7 Å². The highest BCUT2D eigenvalue weighted by atomic mass is 16.5. The molecule has 1 N–H and O–H groups in total. The van der Waals surface area contributed by atoms with Gasteiger partial charge in [-0.3, -0.25) is 9.59 Å². The fourth-order valence-electron chi connectivity index (χ4n) is 3.22. The maximum absolute atomic E-state index is 12.6. The van der Waals surface area contributed by atoms with Gasteiger partial charge in [-0.05, 0) is 48.5 Å². The largest absolute Gasteiger partial charge is 0.497 e. The lowest BCUT2D eigenvalue weighted by atomic mass is 10.1. The minimum absolute atomic E-state index is 0.175. The summed E-state index contributed by atoms with van der Waals surface area (Å²) < 4.78 is 8.31. The highest BCUT2D eigenvalue weighted by Gasteiger charge is 2.11. The molecule has 0 unspecified atom stereocenters. The van der Waals surface area contributed by atoms with E-state index in [-0.39, 0.29) is 18.0 Å². The Bertz CT molecular complexity index is 1240. The third-order valence-electron chi connectivity index (χ3n) is 4.75. The number of carbonyl (C=O) groups excluding carboxylic acids is 1. The summed E-state index contributed by atoms with van der Waals surface area (Å²) in [5.41, 5.74) is 2.81. The molecule has 0 radical (unpaired) electrons. The van der Waals surface area contributed by atoms with Crippen molar-refractivity contribution in [2.24, 2.45) is 7.05 Å². The standard InChI is InChI=1S/C22H20N4O3/c1-25-13-12-17-19(4-3-5-20(17)25)23-21(27)14-26-22(28)11-10-18(24-26)15-6-8-16(29-2)9-7-15/h3-13H,14H2,1-2H3,(H,23,27). The van der Waals surface area contributed by atoms with E-state index in [0.717, 1.165) is 22.2 Å². The van der Waals surface area contributed by atoms with E-state index in [0.29, 0.717) is 11.4 Å². The van der Waals surface area contributed by atoms with Crippen LogP contribution < -0.4 is 15.6 Å². The van der Waals surface area contributed by atoms with Gasteiger partial charge in [-0.15, -0.1) is 0 Å². The van der Waals surface area contributed by atoms with Crippen molar-refractivity contribution in [3.63, 3.8) is 0 Å². The van der Waals surface area contributed by atoms with Gasteiger partial charge in [0.05, 0.1) is 18.5 Å². The molecule has 0 saturated heterocycles. The van der Waals surface area contributed by atoms with Gasteiger partial charge in [0, 0.05) is 35.8 Å². The summed E-state index contributed by atoms with van der Waals surface area (Å²) in [7, 11) is 3.55. The van der Waals surface area contributed by atoms with Crippen LogP contribution in [0.1, 0.15) is 0 Å². The molecular weight excluding hydrogens is 368 g/mol. The summed E-state index contributed by atoms with van der Waals surface area (Å²) in [4.78, 5) is 24.8. The van der Waals surface area contributed by atoms with Crippen LogP contribution in [0.25, 0.3) is 22.2 Å². The van der Waals surface area contributed by atoms with Crippen molar-refractivity contribution in [3.8, 4) is 17.0 Å². The quantitative estimate of drug-likeness (QED) is 0.570. The lowest BCUT2D eigenvalue weighted by molar-refractivity contribution is -0.117. The second-order valence-corrected chi connectivity index (χ2v) is 6.66. The predicted octanol–water partition coefficient (Wildman–Crippen LogP) is 3.05. The molecule has 4 aromatic rings. The first-order chi connectivity index (χ1) is 14.0. The summed E-state index contributed by atoms with van der Waals surface area (Å²) in [6, 6.07) is 18.0. The number of benzene rings is 2. The number of methoxy groups -OCH3 is 1. The summed E-state index contributed by atoms with van der Waals surface area (Å²) in [5.74, 6) is 0.416. The lowest BCUT2D eigenvalue weighted by Gasteiger charge is -2.10. The van der Waals surface area contributed by atoms with Crippen LogP contribution in [0.2, 0.25) is 0 Å². The number of ether oxygens (including phenoxy) is 1. The molecule has 0 spiro atoms. The summed E-state index contributed by atoms with van der Waals surface area (Å²) in [5, 5.41) is 8.16. The van der Waals surface area contributed by atoms with E-state index in [2.05, 4.69) is 10.4 Å². The Morgan fingerprint density at radius 3 is 2.62 bits per heavy atom. The molecule has 0 atom stereocenters. The second-order valence-electron chi connectivity index (χ2n) is 6.66. The Balaban J connectivity index is 1.56. The molecule has 146 valence electrons. The van der Waals surface area contributed by atoms with Crippen molar-refractivity contribution in [2.75, 3.05) is 12.4 Å². The SMILES string of the molecule is COc1ccc(-c2ccc(=O)n(CC(=O)Nc3cccc4c3ccn4C)n2)cc1. The molecule has 2 heterocycles. The number of aryl methyl sites for hydroxylation is 1. The van der Waals surface area contributed by atoms with Crippen LogP contribution in [0.5, 0.6) is 5.75 Å². The van der Waals surface area contributed by atoms with Crippen LogP contribution in [-0.2, 0) is 18.4 Å². The topological polar surface area (TPSA) is 78.1 Å². The van der Waals surface area contributed by atoms with Gasteiger partial charge in [0.2, 0.25) is 5.91 Å². The predicted molar refractivity (Wildman–Crippen MR) is 112 cm³/mol. The van der Waals surface area contributed by atoms with Gasteiger partial charge < -0.3 is 14.6 Å². The molecule has 2 aromatic carbocycles. The van der Waals surface area contributed by atoms with Crippen molar-refractivity contribution in [3.05, 3.63) is 77.2 Å². The molecular formula is C22H20N4O3. The number of nitrogens with zero attached hydrogens (tertiary/aromatic N) is 3. The van der Waals surface area contributed by atoms with Gasteiger partial charge >= 0.3 is 0 Å². The number of amides is 1. The van der Waals surface area contributed by atoms with Gasteiger partial charge in [-0.2, -0.15) is 5.10 Å². The first-order valence-electron chi connectivity index (χ1n) is 9.11. The average Bonchev–Trinajstić information content (AvgIpc) is 3.12. The molecule has 29 heavy (non-hydrogen) atoms. The number of carbonyl (C=O) groups is 1. The van der Waals surface area contributed by atoms with E-state index in [1.165, 1.54) is 10.7 Å². The number of hydrogen-bond acceptors (Lipinski definition) is 4. The van der Waals surface area contributed by atoms with Crippen LogP contribution in [0.4, 0.5) is 5.69 Å². The van der Waals surface area contributed by atoms with Gasteiger partial charge in [0.1, 0.15) is 12.3 Å². The maximum atomic E-state index is 12.6. The zero-order valence-electron chi connectivity index (χ0n) is 16.1. The monoisotopic (exact) mass is 388 g/mol. The maximum Gasteiger partial charge on any atom is 0.267 e. The third kappa shape index (κ3) is 3.75. The average molecular weight is 388 g/mol. The Labute approximate surface area is 167 Å². The fourth-order valence-corrected chi connectivity index (χ4v) is 3.22. The molecule has 7 nitrogen and oxygen atoms in total. The zero-order chi connectivity index (χ0) is 20.4. The molecule has 0 aliphatic heterocycles. The van der Waals surface area contributed by atoms with Gasteiger partial charge in [0.25, 0.3) is 5.56 Å². The van der Waals surface area contributed by atoms with Crippen molar-refractivity contribution >= 4 is 22.5 Å². The number of aromatic nitrogens is 3. The molecule has 0 fully saturated rings. The van der Waals surface area contributed by atoms with Crippen molar-refractivity contribution in [1.82, 2.24) is 14.3 Å². The third-order valence-corrected chi connectivity index (χ3v) is 4.75. The lowest BCUT2D eigenvalue weighted by Crippen LogP contribution is -2.29. The van der Waals surface area contributed by atoms with Crippen molar-refractivity contribution in [2.45, 2.75) is 6.54 Å². The zero-order valence-corrected chi connectivity index (χ0v) is 16.1. The Kier molecular flexibility index (Phi) is 4.87. The second kappa shape index (κ2) is 7.63. The van der Waals surface area contributed by atoms with Gasteiger partial charge in [0.15, 0.2) is 0 Å². The Morgan fingerprint density at radius 1 is 1.07 bits per heavy atom. The molecule has 0 aliphatic carbocycles. The highest BCUT2D eigenvalue weighted by Crippen LogP contribution is 2.24. The minimum atomic E-state index is -0.338. The Morgan fingerprint density at radius 2 is 1.86 bits per heavy atom. The van der Waals surface area contributed by atoms with E-state index in [1.807, 2.05) is 66.3 Å². The van der Waals surface area contributed by atoms with E-state index in [4.69, 9.17) is 4.74 Å². The molecule has 1 amide bonds. The van der Waals surface area contributed by atoms with E-state index in [1.54, 1.807) is 13.2 Å². The first kappa shape index (κ1) is 18.5. The molecule has 7 heteroatoms. The summed E-state index contributed by atoms with van der Waals surface area (Å²) in [6.45, 7) is -0.175. The van der Waals surface area contributed by atoms with E-state index in [9.17, 15) is 9.59 Å². The summed E-state index contributed by atoms with van der Waals surface area (Å²) >= 11 is 0. The van der Waals surface area contributed by atoms with Crippen LogP contribution in [0.3, 0.4) is 0 Å². The van der Waals surface area contributed by atoms with E-state index < -0.39 is 0 Å². The van der Waals surface area contributed by atoms with Crippen molar-refractivity contribution in [1.29, 1.82) is 0 Å². The minimum Gasteiger partial charge on any atom is -0.497 e. The smallest absolute Gasteiger partial charge is 0.267 e. The van der Waals surface area contributed by atoms with Crippen LogP contribution >= 0.6 is 0 Å². The number of rotatable bonds is 5. The molecule has 4 rings (SSSR count).